The normalized spacial score (nSPS) is 11.5. The standard InChI is InChI=1S/C19H15ClN2O2/c20-17-11-4-3-10-16(17)19(21)22-24-18(23)12-14-8-5-7-13-6-1-2-9-15(13)14/h1-11H,12H2,(H2,21,22). The van der Waals surface area contributed by atoms with Crippen LogP contribution >= 0.6 is 11.6 Å². The molecular formula is C19H15ClN2O2. The molecule has 24 heavy (non-hydrogen) atoms. The van der Waals surface area contributed by atoms with E-state index in [0.29, 0.717) is 10.6 Å². The van der Waals surface area contributed by atoms with E-state index < -0.39 is 5.97 Å². The van der Waals surface area contributed by atoms with Crippen LogP contribution in [0.3, 0.4) is 0 Å². The summed E-state index contributed by atoms with van der Waals surface area (Å²) in [5.74, 6) is -0.423. The number of hydrogen-bond acceptors (Lipinski definition) is 3. The first-order chi connectivity index (χ1) is 11.6. The van der Waals surface area contributed by atoms with Crippen molar-refractivity contribution in [2.75, 3.05) is 0 Å². The molecule has 5 heteroatoms. The Bertz CT molecular complexity index is 917. The minimum Gasteiger partial charge on any atom is -0.380 e. The van der Waals surface area contributed by atoms with Crippen LogP contribution in [0.2, 0.25) is 5.02 Å². The molecule has 0 saturated heterocycles. The van der Waals surface area contributed by atoms with E-state index in [1.165, 1.54) is 0 Å². The zero-order chi connectivity index (χ0) is 16.9. The summed E-state index contributed by atoms with van der Waals surface area (Å²) in [5.41, 5.74) is 7.22. The number of halogens is 1. The van der Waals surface area contributed by atoms with Gasteiger partial charge >= 0.3 is 5.97 Å². The van der Waals surface area contributed by atoms with Crippen LogP contribution in [0.4, 0.5) is 0 Å². The Morgan fingerprint density at radius 3 is 2.54 bits per heavy atom. The van der Waals surface area contributed by atoms with Crippen molar-refractivity contribution in [3.63, 3.8) is 0 Å². The van der Waals surface area contributed by atoms with Crippen molar-refractivity contribution in [2.45, 2.75) is 6.42 Å². The van der Waals surface area contributed by atoms with Gasteiger partial charge in [-0.3, -0.25) is 0 Å². The van der Waals surface area contributed by atoms with Gasteiger partial charge in [0.2, 0.25) is 0 Å². The fourth-order valence-corrected chi connectivity index (χ4v) is 2.69. The van der Waals surface area contributed by atoms with Gasteiger partial charge in [-0.25, -0.2) is 4.79 Å². The molecule has 0 unspecified atom stereocenters. The molecule has 3 aromatic rings. The first-order valence-electron chi connectivity index (χ1n) is 7.40. The van der Waals surface area contributed by atoms with Crippen LogP contribution in [0, 0.1) is 0 Å². The molecule has 0 amide bonds. The minimum absolute atomic E-state index is 0.0619. The number of amidine groups is 1. The van der Waals surface area contributed by atoms with E-state index in [2.05, 4.69) is 5.16 Å². The van der Waals surface area contributed by atoms with E-state index in [0.717, 1.165) is 16.3 Å². The van der Waals surface area contributed by atoms with Crippen molar-refractivity contribution in [2.24, 2.45) is 10.9 Å². The van der Waals surface area contributed by atoms with Gasteiger partial charge in [0.25, 0.3) is 0 Å². The maximum Gasteiger partial charge on any atom is 0.339 e. The van der Waals surface area contributed by atoms with Crippen molar-refractivity contribution in [3.05, 3.63) is 82.9 Å². The van der Waals surface area contributed by atoms with E-state index in [1.54, 1.807) is 24.3 Å². The number of carbonyl (C=O) groups excluding carboxylic acids is 1. The van der Waals surface area contributed by atoms with Gasteiger partial charge in [-0.2, -0.15) is 0 Å². The lowest BCUT2D eigenvalue weighted by molar-refractivity contribution is -0.142. The topological polar surface area (TPSA) is 64.7 Å². The molecule has 0 aromatic heterocycles. The highest BCUT2D eigenvalue weighted by Crippen LogP contribution is 2.19. The predicted molar refractivity (Wildman–Crippen MR) is 95.9 cm³/mol. The third-order valence-corrected chi connectivity index (χ3v) is 3.94. The van der Waals surface area contributed by atoms with Crippen molar-refractivity contribution in [1.82, 2.24) is 0 Å². The number of rotatable bonds is 4. The zero-order valence-electron chi connectivity index (χ0n) is 12.8. The summed E-state index contributed by atoms with van der Waals surface area (Å²) in [5, 5.41) is 6.22. The van der Waals surface area contributed by atoms with Crippen LogP contribution in [0.5, 0.6) is 0 Å². The summed E-state index contributed by atoms with van der Waals surface area (Å²) in [6.45, 7) is 0. The largest absolute Gasteiger partial charge is 0.380 e. The summed E-state index contributed by atoms with van der Waals surface area (Å²) in [6, 6.07) is 20.6. The summed E-state index contributed by atoms with van der Waals surface area (Å²) < 4.78 is 0. The van der Waals surface area contributed by atoms with Gasteiger partial charge in [-0.1, -0.05) is 71.4 Å². The van der Waals surface area contributed by atoms with E-state index in [-0.39, 0.29) is 12.3 Å². The molecule has 0 radical (unpaired) electrons. The van der Waals surface area contributed by atoms with Gasteiger partial charge in [0, 0.05) is 5.56 Å². The Labute approximate surface area is 144 Å². The molecule has 0 aliphatic heterocycles. The molecule has 3 rings (SSSR count). The molecule has 0 heterocycles. The zero-order valence-corrected chi connectivity index (χ0v) is 13.5. The van der Waals surface area contributed by atoms with Crippen LogP contribution in [-0.2, 0) is 16.1 Å². The Morgan fingerprint density at radius 1 is 1.00 bits per heavy atom. The quantitative estimate of drug-likeness (QED) is 0.339. The third-order valence-electron chi connectivity index (χ3n) is 3.61. The van der Waals surface area contributed by atoms with Crippen LogP contribution in [0.1, 0.15) is 11.1 Å². The van der Waals surface area contributed by atoms with E-state index in [4.69, 9.17) is 22.2 Å². The smallest absolute Gasteiger partial charge is 0.339 e. The second kappa shape index (κ2) is 7.15. The Kier molecular flexibility index (Phi) is 4.77. The van der Waals surface area contributed by atoms with Crippen molar-refractivity contribution in [1.29, 1.82) is 0 Å². The molecule has 0 fully saturated rings. The highest BCUT2D eigenvalue weighted by molar-refractivity contribution is 6.34. The van der Waals surface area contributed by atoms with Crippen LogP contribution in [0.15, 0.2) is 71.9 Å². The molecule has 0 spiro atoms. The van der Waals surface area contributed by atoms with Crippen LogP contribution in [0.25, 0.3) is 10.8 Å². The van der Waals surface area contributed by atoms with Crippen LogP contribution in [-0.4, -0.2) is 11.8 Å². The maximum absolute atomic E-state index is 12.1. The van der Waals surface area contributed by atoms with Crippen molar-refractivity contribution < 1.29 is 9.63 Å². The van der Waals surface area contributed by atoms with Gasteiger partial charge in [0.05, 0.1) is 11.4 Å². The van der Waals surface area contributed by atoms with Gasteiger partial charge in [-0.15, -0.1) is 0 Å². The SMILES string of the molecule is N/C(=N/OC(=O)Cc1cccc2ccccc12)c1ccccc1Cl. The minimum atomic E-state index is -0.485. The molecule has 0 aliphatic rings. The van der Waals surface area contributed by atoms with Crippen molar-refractivity contribution in [3.8, 4) is 0 Å². The van der Waals surface area contributed by atoms with Gasteiger partial charge in [0.15, 0.2) is 5.84 Å². The number of nitrogens with two attached hydrogens (primary N) is 1. The molecule has 2 N–H and O–H groups in total. The molecule has 0 saturated carbocycles. The van der Waals surface area contributed by atoms with Gasteiger partial charge in [-0.05, 0) is 28.5 Å². The molecule has 4 nitrogen and oxygen atoms in total. The molecule has 0 bridgehead atoms. The lowest BCUT2D eigenvalue weighted by atomic mass is 10.0. The highest BCUT2D eigenvalue weighted by Gasteiger charge is 2.10. The Morgan fingerprint density at radius 2 is 1.71 bits per heavy atom. The molecule has 0 aliphatic carbocycles. The molecule has 0 atom stereocenters. The summed E-state index contributed by atoms with van der Waals surface area (Å²) >= 11 is 6.03. The number of nitrogens with zero attached hydrogens (tertiary/aromatic N) is 1. The lowest BCUT2D eigenvalue weighted by Crippen LogP contribution is -2.16. The second-order valence-electron chi connectivity index (χ2n) is 5.23. The second-order valence-corrected chi connectivity index (χ2v) is 5.64. The van der Waals surface area contributed by atoms with Gasteiger partial charge in [0.1, 0.15) is 0 Å². The Hall–Kier alpha value is -2.85. The van der Waals surface area contributed by atoms with Crippen LogP contribution < -0.4 is 5.73 Å². The average molecular weight is 339 g/mol. The maximum atomic E-state index is 12.1. The fraction of sp³-hybridized carbons (Fsp3) is 0.0526. The number of fused-ring (bicyclic) bond motifs is 1. The average Bonchev–Trinajstić information content (AvgIpc) is 2.60. The first-order valence-corrected chi connectivity index (χ1v) is 7.78. The van der Waals surface area contributed by atoms with E-state index in [9.17, 15) is 4.79 Å². The monoisotopic (exact) mass is 338 g/mol. The third kappa shape index (κ3) is 3.55. The van der Waals surface area contributed by atoms with E-state index in [1.807, 2.05) is 42.5 Å². The molecular weight excluding hydrogens is 324 g/mol. The predicted octanol–water partition coefficient (Wildman–Crippen LogP) is 3.90. The van der Waals surface area contributed by atoms with Gasteiger partial charge < -0.3 is 10.6 Å². The summed E-state index contributed by atoms with van der Waals surface area (Å²) in [7, 11) is 0. The molecule has 120 valence electrons. The number of benzene rings is 3. The fourth-order valence-electron chi connectivity index (χ4n) is 2.45. The number of hydrogen-bond donors (Lipinski definition) is 1. The van der Waals surface area contributed by atoms with Crippen molar-refractivity contribution >= 4 is 34.2 Å². The summed E-state index contributed by atoms with van der Waals surface area (Å²) in [6.07, 6.45) is 0.112. The lowest BCUT2D eigenvalue weighted by Gasteiger charge is -2.05. The highest BCUT2D eigenvalue weighted by atomic mass is 35.5. The number of oxime groups is 1. The Balaban J connectivity index is 1.74. The van der Waals surface area contributed by atoms with E-state index >= 15 is 0 Å². The summed E-state index contributed by atoms with van der Waals surface area (Å²) in [4.78, 5) is 17.0. The molecule has 3 aromatic carbocycles. The number of carbonyl (C=O) groups is 1. The first kappa shape index (κ1) is 16.0.